The zero-order chi connectivity index (χ0) is 24.1. The van der Waals surface area contributed by atoms with Gasteiger partial charge in [0.1, 0.15) is 11.6 Å². The monoisotopic (exact) mass is 512 g/mol. The van der Waals surface area contributed by atoms with Gasteiger partial charge >= 0.3 is 0 Å². The molecule has 0 radical (unpaired) electrons. The predicted molar refractivity (Wildman–Crippen MR) is 137 cm³/mol. The summed E-state index contributed by atoms with van der Waals surface area (Å²) in [5.41, 5.74) is 8.94. The van der Waals surface area contributed by atoms with Crippen molar-refractivity contribution < 1.29 is 8.78 Å². The molecule has 2 aromatic carbocycles. The number of thiocarbonyl (C=S) groups is 1. The summed E-state index contributed by atoms with van der Waals surface area (Å²) in [7, 11) is 0. The smallest absolute Gasteiger partial charge is 0.184 e. The van der Waals surface area contributed by atoms with E-state index < -0.39 is 11.6 Å². The first-order valence-corrected chi connectivity index (χ1v) is 12.1. The van der Waals surface area contributed by atoms with Crippen LogP contribution in [0.4, 0.5) is 14.5 Å². The Morgan fingerprint density at radius 1 is 1.24 bits per heavy atom. The van der Waals surface area contributed by atoms with Crippen LogP contribution in [0.5, 0.6) is 0 Å². The Kier molecular flexibility index (Phi) is 8.90. The van der Waals surface area contributed by atoms with Crippen LogP contribution in [0.3, 0.4) is 0 Å². The van der Waals surface area contributed by atoms with Crippen molar-refractivity contribution in [2.75, 3.05) is 18.0 Å². The second-order valence-corrected chi connectivity index (χ2v) is 10.2. The molecule has 1 saturated heterocycles. The lowest BCUT2D eigenvalue weighted by atomic mass is 9.77. The topological polar surface area (TPSA) is 53.6 Å². The number of piperidine rings is 1. The molecule has 1 aliphatic heterocycles. The van der Waals surface area contributed by atoms with E-state index in [9.17, 15) is 8.78 Å². The van der Waals surface area contributed by atoms with E-state index in [-0.39, 0.29) is 16.4 Å². The molecule has 2 atom stereocenters. The first kappa shape index (κ1) is 25.7. The fourth-order valence-corrected chi connectivity index (χ4v) is 4.92. The number of hydrogen-bond donors (Lipinski definition) is 2. The zero-order valence-electron chi connectivity index (χ0n) is 18.6. The maximum absolute atomic E-state index is 15.0. The number of rotatable bonds is 7. The standard InChI is InChI=1S/C24H28Cl2F2N4S/c1-14(2)7-18-13-32(6-5-15(18)8-16-9-19(25)3-4-20(16)26)23-11-21(27)17(10-22(23)28)12-30-31-24(29)33/h3-4,9-12,14-15,18H,5-8,13H2,1-2H3,(H3,29,31,33)/b30-12+/t15?,18-/m0/s1. The molecule has 9 heteroatoms. The highest BCUT2D eigenvalue weighted by Crippen LogP contribution is 2.36. The summed E-state index contributed by atoms with van der Waals surface area (Å²) < 4.78 is 29.6. The number of hydrogen-bond acceptors (Lipinski definition) is 3. The van der Waals surface area contributed by atoms with Crippen LogP contribution in [-0.4, -0.2) is 24.4 Å². The maximum Gasteiger partial charge on any atom is 0.184 e. The highest BCUT2D eigenvalue weighted by Gasteiger charge is 2.31. The van der Waals surface area contributed by atoms with E-state index in [2.05, 4.69) is 36.6 Å². The minimum atomic E-state index is -0.562. The first-order chi connectivity index (χ1) is 15.6. The number of nitrogens with two attached hydrogens (primary N) is 1. The molecule has 0 aromatic heterocycles. The molecule has 1 fully saturated rings. The largest absolute Gasteiger partial charge is 0.375 e. The summed E-state index contributed by atoms with van der Waals surface area (Å²) in [6.45, 7) is 5.63. The van der Waals surface area contributed by atoms with Gasteiger partial charge in [0.25, 0.3) is 0 Å². The second kappa shape index (κ2) is 11.4. The van der Waals surface area contributed by atoms with E-state index in [1.165, 1.54) is 6.07 Å². The van der Waals surface area contributed by atoms with E-state index in [0.29, 0.717) is 40.9 Å². The van der Waals surface area contributed by atoms with Gasteiger partial charge in [-0.25, -0.2) is 8.78 Å². The molecule has 0 aliphatic carbocycles. The van der Waals surface area contributed by atoms with Crippen LogP contribution in [0.25, 0.3) is 0 Å². The Hall–Kier alpha value is -1.96. The molecule has 4 nitrogen and oxygen atoms in total. The van der Waals surface area contributed by atoms with Crippen molar-refractivity contribution in [1.82, 2.24) is 5.43 Å². The van der Waals surface area contributed by atoms with Crippen molar-refractivity contribution in [2.45, 2.75) is 33.1 Å². The highest BCUT2D eigenvalue weighted by molar-refractivity contribution is 7.80. The zero-order valence-corrected chi connectivity index (χ0v) is 21.0. The molecule has 33 heavy (non-hydrogen) atoms. The number of benzene rings is 2. The molecule has 3 N–H and O–H groups in total. The van der Waals surface area contributed by atoms with Crippen LogP contribution in [0.1, 0.15) is 37.8 Å². The Morgan fingerprint density at radius 2 is 2.00 bits per heavy atom. The summed E-state index contributed by atoms with van der Waals surface area (Å²) in [5.74, 6) is 0.117. The first-order valence-electron chi connectivity index (χ1n) is 10.9. The molecule has 0 saturated carbocycles. The lowest BCUT2D eigenvalue weighted by molar-refractivity contribution is 0.238. The Morgan fingerprint density at radius 3 is 2.70 bits per heavy atom. The van der Waals surface area contributed by atoms with Crippen LogP contribution in [-0.2, 0) is 6.42 Å². The average molecular weight is 513 g/mol. The van der Waals surface area contributed by atoms with Gasteiger partial charge in [-0.15, -0.1) is 0 Å². The van der Waals surface area contributed by atoms with Crippen LogP contribution < -0.4 is 16.1 Å². The lowest BCUT2D eigenvalue weighted by Gasteiger charge is -2.41. The summed E-state index contributed by atoms with van der Waals surface area (Å²) in [4.78, 5) is 1.94. The maximum atomic E-state index is 15.0. The third-order valence-corrected chi connectivity index (χ3v) is 6.64. The van der Waals surface area contributed by atoms with Crippen LogP contribution in [0, 0.1) is 29.4 Å². The van der Waals surface area contributed by atoms with Gasteiger partial charge in [0, 0.05) is 34.8 Å². The molecule has 0 spiro atoms. The molecule has 3 rings (SSSR count). The van der Waals surface area contributed by atoms with Crippen LogP contribution in [0.15, 0.2) is 35.4 Å². The van der Waals surface area contributed by atoms with Gasteiger partial charge in [-0.2, -0.15) is 5.10 Å². The van der Waals surface area contributed by atoms with Gasteiger partial charge in [-0.1, -0.05) is 37.0 Å². The van der Waals surface area contributed by atoms with Crippen LogP contribution in [0.2, 0.25) is 10.0 Å². The third kappa shape index (κ3) is 7.01. The van der Waals surface area contributed by atoms with Gasteiger partial charge < -0.3 is 10.6 Å². The quantitative estimate of drug-likeness (QED) is 0.264. The molecule has 178 valence electrons. The van der Waals surface area contributed by atoms with Crippen molar-refractivity contribution in [3.8, 4) is 0 Å². The fraction of sp³-hybridized carbons (Fsp3) is 0.417. The van der Waals surface area contributed by atoms with Crippen molar-refractivity contribution >= 4 is 52.4 Å². The SMILES string of the molecule is CC(C)C[C@H]1CN(c2cc(F)c(/C=N/NC(N)=S)cc2F)CCC1Cc1cc(Cl)ccc1Cl. The molecule has 2 aromatic rings. The number of nitrogens with zero attached hydrogens (tertiary/aromatic N) is 2. The number of anilines is 1. The third-order valence-electron chi connectivity index (χ3n) is 5.94. The lowest BCUT2D eigenvalue weighted by Crippen LogP contribution is -2.42. The number of halogens is 4. The minimum Gasteiger partial charge on any atom is -0.375 e. The van der Waals surface area contributed by atoms with E-state index >= 15 is 0 Å². The minimum absolute atomic E-state index is 0.0178. The summed E-state index contributed by atoms with van der Waals surface area (Å²) in [5, 5.41) is 5.03. The van der Waals surface area contributed by atoms with E-state index in [4.69, 9.17) is 28.9 Å². The van der Waals surface area contributed by atoms with Crippen molar-refractivity contribution in [2.24, 2.45) is 28.6 Å². The van der Waals surface area contributed by atoms with Gasteiger partial charge in [-0.3, -0.25) is 5.43 Å². The highest BCUT2D eigenvalue weighted by atomic mass is 35.5. The fourth-order valence-electron chi connectivity index (χ4n) is 4.48. The predicted octanol–water partition coefficient (Wildman–Crippen LogP) is 6.17. The summed E-state index contributed by atoms with van der Waals surface area (Å²) in [6.07, 6.45) is 3.80. The molecule has 0 bridgehead atoms. The summed E-state index contributed by atoms with van der Waals surface area (Å²) in [6, 6.07) is 7.91. The Bertz CT molecular complexity index is 1030. The second-order valence-electron chi connectivity index (χ2n) is 8.88. The molecule has 1 unspecified atom stereocenters. The van der Waals surface area contributed by atoms with Gasteiger partial charge in [0.2, 0.25) is 0 Å². The van der Waals surface area contributed by atoms with Crippen molar-refractivity contribution in [3.63, 3.8) is 0 Å². The molecular weight excluding hydrogens is 485 g/mol. The average Bonchev–Trinajstić information content (AvgIpc) is 2.73. The Labute approximate surface area is 209 Å². The van der Waals surface area contributed by atoms with Crippen molar-refractivity contribution in [3.05, 3.63) is 63.1 Å². The van der Waals surface area contributed by atoms with E-state index in [1.807, 2.05) is 17.0 Å². The Balaban J connectivity index is 1.79. The molecule has 0 amide bonds. The van der Waals surface area contributed by atoms with Gasteiger partial charge in [0.05, 0.1) is 11.9 Å². The molecule has 1 aliphatic rings. The number of hydrazone groups is 1. The normalized spacial score (nSPS) is 18.8. The molecule has 1 heterocycles. The summed E-state index contributed by atoms with van der Waals surface area (Å²) >= 11 is 17.2. The number of nitrogens with one attached hydrogen (secondary N) is 1. The molecular formula is C24H28Cl2F2N4S. The van der Waals surface area contributed by atoms with Gasteiger partial charge in [0.15, 0.2) is 5.11 Å². The van der Waals surface area contributed by atoms with Crippen molar-refractivity contribution in [1.29, 1.82) is 0 Å². The van der Waals surface area contributed by atoms with E-state index in [1.54, 1.807) is 6.07 Å². The van der Waals surface area contributed by atoms with Crippen LogP contribution >= 0.6 is 35.4 Å². The van der Waals surface area contributed by atoms with Gasteiger partial charge in [-0.05, 0) is 79.1 Å². The van der Waals surface area contributed by atoms with E-state index in [0.717, 1.165) is 37.1 Å².